The van der Waals surface area contributed by atoms with Crippen molar-refractivity contribution in [1.82, 2.24) is 0 Å². The van der Waals surface area contributed by atoms with E-state index < -0.39 is 0 Å². The smallest absolute Gasteiger partial charge is 0.105 e. The van der Waals surface area contributed by atoms with Gasteiger partial charge < -0.3 is 10.2 Å². The van der Waals surface area contributed by atoms with Crippen molar-refractivity contribution in [2.45, 2.75) is 25.8 Å². The normalized spacial score (nSPS) is 12.8. The van der Waals surface area contributed by atoms with Crippen LogP contribution in [0.3, 0.4) is 0 Å². The minimum atomic E-state index is 0.0850. The van der Waals surface area contributed by atoms with E-state index in [1.165, 1.54) is 0 Å². The topological polar surface area (TPSA) is 39.2 Å². The summed E-state index contributed by atoms with van der Waals surface area (Å²) in [6.07, 6.45) is 5.45. The lowest BCUT2D eigenvalue weighted by molar-refractivity contribution is 0.521. The first-order chi connectivity index (χ1) is 5.75. The number of rotatable bonds is 4. The molecule has 2 heteroatoms. The minimum Gasteiger partial charge on any atom is -0.469 e. The Labute approximate surface area is 73.1 Å². The van der Waals surface area contributed by atoms with Gasteiger partial charge in [0.15, 0.2) is 0 Å². The Kier molecular flexibility index (Phi) is 3.11. The summed E-state index contributed by atoms with van der Waals surface area (Å²) in [5.74, 6) is 0.923. The van der Waals surface area contributed by atoms with Crippen LogP contribution in [-0.2, 0) is 0 Å². The van der Waals surface area contributed by atoms with Crippen LogP contribution in [-0.4, -0.2) is 0 Å². The number of hydrogen-bond donors (Lipinski definition) is 1. The first-order valence-electron chi connectivity index (χ1n) is 4.16. The van der Waals surface area contributed by atoms with Gasteiger partial charge in [0, 0.05) is 11.6 Å². The van der Waals surface area contributed by atoms with E-state index >= 15 is 0 Å². The van der Waals surface area contributed by atoms with E-state index in [1.54, 1.807) is 6.26 Å². The maximum absolute atomic E-state index is 5.92. The molecule has 0 aliphatic carbocycles. The van der Waals surface area contributed by atoms with Crippen molar-refractivity contribution in [2.24, 2.45) is 5.73 Å². The quantitative estimate of drug-likeness (QED) is 0.696. The summed E-state index contributed by atoms with van der Waals surface area (Å²) in [6, 6.07) is 2.02. The molecule has 0 aliphatic rings. The van der Waals surface area contributed by atoms with E-state index in [0.717, 1.165) is 24.2 Å². The predicted molar refractivity (Wildman–Crippen MR) is 49.8 cm³/mol. The van der Waals surface area contributed by atoms with Gasteiger partial charge in [-0.05, 0) is 25.8 Å². The number of allylic oxidation sites excluding steroid dienone is 1. The molecule has 1 aromatic heterocycles. The van der Waals surface area contributed by atoms with Crippen LogP contribution in [0.1, 0.15) is 30.2 Å². The summed E-state index contributed by atoms with van der Waals surface area (Å²) in [4.78, 5) is 0. The van der Waals surface area contributed by atoms with Gasteiger partial charge in [-0.25, -0.2) is 0 Å². The molecule has 0 fully saturated rings. The molecule has 12 heavy (non-hydrogen) atoms. The maximum Gasteiger partial charge on any atom is 0.105 e. The van der Waals surface area contributed by atoms with Crippen LogP contribution in [0, 0.1) is 6.92 Å². The third-order valence-electron chi connectivity index (χ3n) is 1.98. The molecule has 0 amide bonds. The van der Waals surface area contributed by atoms with Crippen LogP contribution in [0.4, 0.5) is 0 Å². The second-order valence-electron chi connectivity index (χ2n) is 2.90. The van der Waals surface area contributed by atoms with Crippen LogP contribution in [0.5, 0.6) is 0 Å². The first kappa shape index (κ1) is 9.07. The lowest BCUT2D eigenvalue weighted by Gasteiger charge is -2.08. The van der Waals surface area contributed by atoms with E-state index in [-0.39, 0.29) is 6.04 Å². The molecule has 2 nitrogen and oxygen atoms in total. The number of hydrogen-bond acceptors (Lipinski definition) is 2. The zero-order chi connectivity index (χ0) is 8.97. The number of furan rings is 1. The summed E-state index contributed by atoms with van der Waals surface area (Å²) in [6.45, 7) is 5.59. The van der Waals surface area contributed by atoms with Crippen molar-refractivity contribution in [3.05, 3.63) is 36.3 Å². The van der Waals surface area contributed by atoms with Gasteiger partial charge in [0.2, 0.25) is 0 Å². The molecule has 1 aromatic rings. The van der Waals surface area contributed by atoms with Crippen molar-refractivity contribution in [1.29, 1.82) is 0 Å². The van der Waals surface area contributed by atoms with Crippen molar-refractivity contribution in [3.8, 4) is 0 Å². The molecule has 66 valence electrons. The van der Waals surface area contributed by atoms with E-state index in [4.69, 9.17) is 10.2 Å². The van der Waals surface area contributed by atoms with Crippen LogP contribution in [0.15, 0.2) is 29.4 Å². The average Bonchev–Trinajstić information content (AvgIpc) is 2.47. The Morgan fingerprint density at radius 1 is 1.75 bits per heavy atom. The summed E-state index contributed by atoms with van der Waals surface area (Å²) in [7, 11) is 0. The zero-order valence-electron chi connectivity index (χ0n) is 7.42. The molecular weight excluding hydrogens is 150 g/mol. The standard InChI is InChI=1S/C10H15NO/c1-3-4-5-10(11)9-6-7-12-8(9)2/h3,6-7,10H,1,4-5,11H2,2H3. The molecular formula is C10H15NO. The largest absolute Gasteiger partial charge is 0.469 e. The van der Waals surface area contributed by atoms with Crippen molar-refractivity contribution in [2.75, 3.05) is 0 Å². The minimum absolute atomic E-state index is 0.0850. The maximum atomic E-state index is 5.92. The lowest BCUT2D eigenvalue weighted by Crippen LogP contribution is -2.09. The van der Waals surface area contributed by atoms with Gasteiger partial charge in [-0.3, -0.25) is 0 Å². The van der Waals surface area contributed by atoms with Crippen LogP contribution >= 0.6 is 0 Å². The molecule has 1 rings (SSSR count). The Bertz CT molecular complexity index is 252. The summed E-state index contributed by atoms with van der Waals surface area (Å²) < 4.78 is 5.16. The van der Waals surface area contributed by atoms with Crippen molar-refractivity contribution >= 4 is 0 Å². The van der Waals surface area contributed by atoms with Gasteiger partial charge in [-0.2, -0.15) is 0 Å². The van der Waals surface area contributed by atoms with Gasteiger partial charge in [0.05, 0.1) is 6.26 Å². The fourth-order valence-corrected chi connectivity index (χ4v) is 1.23. The molecule has 0 bridgehead atoms. The molecule has 0 aromatic carbocycles. The molecule has 0 radical (unpaired) electrons. The third-order valence-corrected chi connectivity index (χ3v) is 1.98. The van der Waals surface area contributed by atoms with E-state index in [0.29, 0.717) is 0 Å². The second kappa shape index (κ2) is 4.12. The van der Waals surface area contributed by atoms with Gasteiger partial charge in [0.25, 0.3) is 0 Å². The highest BCUT2D eigenvalue weighted by molar-refractivity contribution is 5.19. The average molecular weight is 165 g/mol. The Morgan fingerprint density at radius 2 is 2.50 bits per heavy atom. The number of nitrogens with two attached hydrogens (primary N) is 1. The molecule has 1 unspecified atom stereocenters. The summed E-state index contributed by atoms with van der Waals surface area (Å²) >= 11 is 0. The first-order valence-corrected chi connectivity index (χ1v) is 4.16. The second-order valence-corrected chi connectivity index (χ2v) is 2.90. The summed E-state index contributed by atoms with van der Waals surface area (Å²) in [5.41, 5.74) is 7.03. The van der Waals surface area contributed by atoms with Gasteiger partial charge in [-0.15, -0.1) is 6.58 Å². The highest BCUT2D eigenvalue weighted by Crippen LogP contribution is 2.20. The van der Waals surface area contributed by atoms with Crippen LogP contribution in [0.2, 0.25) is 0 Å². The monoisotopic (exact) mass is 165 g/mol. The highest BCUT2D eigenvalue weighted by atomic mass is 16.3. The SMILES string of the molecule is C=CCCC(N)c1ccoc1C. The molecule has 0 aliphatic heterocycles. The molecule has 0 saturated carbocycles. The van der Waals surface area contributed by atoms with Crippen LogP contribution < -0.4 is 5.73 Å². The third kappa shape index (κ3) is 1.98. The van der Waals surface area contributed by atoms with Crippen molar-refractivity contribution < 1.29 is 4.42 Å². The van der Waals surface area contributed by atoms with E-state index in [1.807, 2.05) is 19.1 Å². The fourth-order valence-electron chi connectivity index (χ4n) is 1.23. The Balaban J connectivity index is 2.58. The molecule has 0 spiro atoms. The summed E-state index contributed by atoms with van der Waals surface area (Å²) in [5, 5.41) is 0. The van der Waals surface area contributed by atoms with Crippen LogP contribution in [0.25, 0.3) is 0 Å². The van der Waals surface area contributed by atoms with Crippen molar-refractivity contribution in [3.63, 3.8) is 0 Å². The molecule has 1 atom stereocenters. The van der Waals surface area contributed by atoms with E-state index in [9.17, 15) is 0 Å². The molecule has 1 heterocycles. The molecule has 2 N–H and O–H groups in total. The Morgan fingerprint density at radius 3 is 3.00 bits per heavy atom. The lowest BCUT2D eigenvalue weighted by atomic mass is 10.0. The molecule has 0 saturated heterocycles. The fraction of sp³-hybridized carbons (Fsp3) is 0.400. The van der Waals surface area contributed by atoms with Gasteiger partial charge in [-0.1, -0.05) is 6.08 Å². The highest BCUT2D eigenvalue weighted by Gasteiger charge is 2.09. The Hall–Kier alpha value is -1.02. The predicted octanol–water partition coefficient (Wildman–Crippen LogP) is 2.55. The van der Waals surface area contributed by atoms with Gasteiger partial charge in [0.1, 0.15) is 5.76 Å². The van der Waals surface area contributed by atoms with E-state index in [2.05, 4.69) is 6.58 Å². The number of aryl methyl sites for hydroxylation is 1. The zero-order valence-corrected chi connectivity index (χ0v) is 7.42. The van der Waals surface area contributed by atoms with Gasteiger partial charge >= 0.3 is 0 Å².